The Morgan fingerprint density at radius 2 is 2.64 bits per heavy atom. The van der Waals surface area contributed by atoms with Crippen LogP contribution in [0.2, 0.25) is 0 Å². The van der Waals surface area contributed by atoms with E-state index in [2.05, 4.69) is 5.92 Å². The molecule has 0 spiro atoms. The third-order valence-corrected chi connectivity index (χ3v) is 8.75. The van der Waals surface area contributed by atoms with Crippen LogP contribution in [0.4, 0.5) is 0 Å². The second kappa shape index (κ2) is 3.91. The molecule has 2 nitrogen and oxygen atoms in total. The fourth-order valence-corrected chi connectivity index (χ4v) is 6.22. The molecule has 1 aliphatic rings. The van der Waals surface area contributed by atoms with Gasteiger partial charge in [-0.1, -0.05) is 17.3 Å². The number of hydrogen-bond donors (Lipinski definition) is 0. The van der Waals surface area contributed by atoms with E-state index in [9.17, 15) is 4.57 Å². The first-order valence-electron chi connectivity index (χ1n) is 3.15. The molecule has 2 atom stereocenters. The summed E-state index contributed by atoms with van der Waals surface area (Å²) in [5, 5.41) is 0.0713. The standard InChI is InChI=1S/C6H9O2PS2/c1-3-6-4-5-8-9(7,10-2)11-6/h1,6H,4-5H2,2H3. The van der Waals surface area contributed by atoms with E-state index in [0.29, 0.717) is 6.61 Å². The van der Waals surface area contributed by atoms with Gasteiger partial charge in [0.05, 0.1) is 11.9 Å². The maximum absolute atomic E-state index is 11.6. The molecule has 1 heterocycles. The normalized spacial score (nSPS) is 38.0. The highest BCUT2D eigenvalue weighted by Crippen LogP contribution is 2.72. The van der Waals surface area contributed by atoms with Gasteiger partial charge in [0.2, 0.25) is 0 Å². The first-order chi connectivity index (χ1) is 5.20. The smallest absolute Gasteiger partial charge is 0.313 e. The summed E-state index contributed by atoms with van der Waals surface area (Å²) in [4.78, 5) is 0. The second-order valence-corrected chi connectivity index (χ2v) is 9.62. The number of terminal acetylenes is 1. The van der Waals surface area contributed by atoms with Gasteiger partial charge < -0.3 is 4.52 Å². The molecule has 0 bridgehead atoms. The third kappa shape index (κ3) is 2.45. The van der Waals surface area contributed by atoms with Gasteiger partial charge in [0.15, 0.2) is 0 Å². The maximum atomic E-state index is 11.6. The Balaban J connectivity index is 2.61. The fourth-order valence-electron chi connectivity index (χ4n) is 0.720. The Hall–Kier alpha value is 0.450. The third-order valence-electron chi connectivity index (χ3n) is 1.30. The minimum atomic E-state index is -2.48. The number of hydrogen-bond acceptors (Lipinski definition) is 4. The van der Waals surface area contributed by atoms with E-state index in [4.69, 9.17) is 10.9 Å². The fraction of sp³-hybridized carbons (Fsp3) is 0.667. The highest BCUT2D eigenvalue weighted by Gasteiger charge is 2.31. The summed E-state index contributed by atoms with van der Waals surface area (Å²) in [6, 6.07) is 0. The Morgan fingerprint density at radius 3 is 3.18 bits per heavy atom. The molecule has 0 radical (unpaired) electrons. The Kier molecular flexibility index (Phi) is 3.39. The Bertz CT molecular complexity index is 223. The summed E-state index contributed by atoms with van der Waals surface area (Å²) >= 11 is 2.56. The van der Waals surface area contributed by atoms with Crippen molar-refractivity contribution in [2.45, 2.75) is 11.7 Å². The van der Waals surface area contributed by atoms with Gasteiger partial charge in [-0.3, -0.25) is 4.57 Å². The number of rotatable bonds is 1. The average Bonchev–Trinajstić information content (AvgIpc) is 2.05. The van der Waals surface area contributed by atoms with Crippen LogP contribution < -0.4 is 0 Å². The second-order valence-electron chi connectivity index (χ2n) is 2.01. The molecule has 0 aromatic rings. The van der Waals surface area contributed by atoms with Gasteiger partial charge in [0, 0.05) is 0 Å². The zero-order valence-electron chi connectivity index (χ0n) is 6.15. The highest BCUT2D eigenvalue weighted by atomic mass is 33.1. The van der Waals surface area contributed by atoms with Crippen molar-refractivity contribution in [3.05, 3.63) is 0 Å². The van der Waals surface area contributed by atoms with Gasteiger partial charge in [0.25, 0.3) is 0 Å². The molecule has 0 N–H and O–H groups in total. The van der Waals surface area contributed by atoms with E-state index in [-0.39, 0.29) is 5.25 Å². The van der Waals surface area contributed by atoms with Gasteiger partial charge in [-0.05, 0) is 24.1 Å². The van der Waals surface area contributed by atoms with Crippen LogP contribution in [-0.2, 0) is 9.09 Å². The average molecular weight is 208 g/mol. The molecule has 2 unspecified atom stereocenters. The molecule has 1 rings (SSSR count). The molecule has 5 heteroatoms. The Labute approximate surface area is 74.8 Å². The molecule has 1 saturated heterocycles. The summed E-state index contributed by atoms with van der Waals surface area (Å²) in [6.45, 7) is 0.528. The molecule has 0 aromatic heterocycles. The van der Waals surface area contributed by atoms with Gasteiger partial charge >= 0.3 is 5.77 Å². The molecule has 0 aromatic carbocycles. The minimum absolute atomic E-state index is 0.0713. The van der Waals surface area contributed by atoms with Crippen molar-refractivity contribution < 1.29 is 9.09 Å². The van der Waals surface area contributed by atoms with E-state index >= 15 is 0 Å². The monoisotopic (exact) mass is 208 g/mol. The van der Waals surface area contributed by atoms with Crippen molar-refractivity contribution in [3.8, 4) is 12.3 Å². The van der Waals surface area contributed by atoms with Gasteiger partial charge in [0.1, 0.15) is 0 Å². The van der Waals surface area contributed by atoms with Crippen LogP contribution in [0.1, 0.15) is 6.42 Å². The van der Waals surface area contributed by atoms with Crippen LogP contribution >= 0.6 is 28.5 Å². The topological polar surface area (TPSA) is 26.3 Å². The Morgan fingerprint density at radius 1 is 1.91 bits per heavy atom. The molecule has 1 aliphatic heterocycles. The molecule has 0 saturated carbocycles. The summed E-state index contributed by atoms with van der Waals surface area (Å²) in [5.74, 6) is 0.115. The molecule has 62 valence electrons. The van der Waals surface area contributed by atoms with Gasteiger partial charge in [-0.2, -0.15) is 0 Å². The molecule has 1 fully saturated rings. The van der Waals surface area contributed by atoms with Crippen LogP contribution in [0.5, 0.6) is 0 Å². The lowest BCUT2D eigenvalue weighted by molar-refractivity contribution is 0.326. The largest absolute Gasteiger partial charge is 0.314 e. The SMILES string of the molecule is C#CC1CCOP(=O)(SC)S1. The van der Waals surface area contributed by atoms with Crippen LogP contribution in [0.15, 0.2) is 0 Å². The van der Waals surface area contributed by atoms with Crippen LogP contribution in [-0.4, -0.2) is 18.1 Å². The van der Waals surface area contributed by atoms with Crippen LogP contribution in [0.3, 0.4) is 0 Å². The predicted molar refractivity (Wildman–Crippen MR) is 51.9 cm³/mol. The van der Waals surface area contributed by atoms with Gasteiger partial charge in [-0.15, -0.1) is 6.42 Å². The van der Waals surface area contributed by atoms with Crippen molar-refractivity contribution >= 4 is 28.5 Å². The zero-order valence-corrected chi connectivity index (χ0v) is 8.68. The molecular formula is C6H9O2PS2. The van der Waals surface area contributed by atoms with Crippen molar-refractivity contribution in [3.63, 3.8) is 0 Å². The summed E-state index contributed by atoms with van der Waals surface area (Å²) in [5.41, 5.74) is 0. The van der Waals surface area contributed by atoms with Crippen molar-refractivity contribution in [2.75, 3.05) is 12.9 Å². The lowest BCUT2D eigenvalue weighted by Gasteiger charge is -2.23. The van der Waals surface area contributed by atoms with E-state index in [0.717, 1.165) is 6.42 Å². The molecule has 11 heavy (non-hydrogen) atoms. The quantitative estimate of drug-likeness (QED) is 0.489. The maximum Gasteiger partial charge on any atom is 0.314 e. The van der Waals surface area contributed by atoms with E-state index in [1.807, 2.05) is 0 Å². The van der Waals surface area contributed by atoms with Crippen molar-refractivity contribution in [1.29, 1.82) is 0 Å². The van der Waals surface area contributed by atoms with Crippen molar-refractivity contribution in [1.82, 2.24) is 0 Å². The first kappa shape index (κ1) is 9.54. The zero-order chi connectivity index (χ0) is 8.32. The van der Waals surface area contributed by atoms with Crippen LogP contribution in [0, 0.1) is 12.3 Å². The lowest BCUT2D eigenvalue weighted by Crippen LogP contribution is -2.08. The lowest BCUT2D eigenvalue weighted by atomic mass is 10.3. The minimum Gasteiger partial charge on any atom is -0.313 e. The van der Waals surface area contributed by atoms with E-state index in [1.54, 1.807) is 6.26 Å². The predicted octanol–water partition coefficient (Wildman–Crippen LogP) is 2.61. The van der Waals surface area contributed by atoms with Gasteiger partial charge in [-0.25, -0.2) is 0 Å². The summed E-state index contributed by atoms with van der Waals surface area (Å²) in [7, 11) is 0. The first-order valence-corrected chi connectivity index (χ1v) is 8.09. The van der Waals surface area contributed by atoms with E-state index < -0.39 is 5.77 Å². The highest BCUT2D eigenvalue weighted by molar-refractivity contribution is 8.89. The molecule has 0 amide bonds. The van der Waals surface area contributed by atoms with E-state index in [1.165, 1.54) is 22.8 Å². The molecular weight excluding hydrogens is 199 g/mol. The summed E-state index contributed by atoms with van der Waals surface area (Å²) in [6.07, 6.45) is 7.82. The van der Waals surface area contributed by atoms with Crippen molar-refractivity contribution in [2.24, 2.45) is 0 Å². The summed E-state index contributed by atoms with van der Waals surface area (Å²) < 4.78 is 16.7. The van der Waals surface area contributed by atoms with Crippen LogP contribution in [0.25, 0.3) is 0 Å². The molecule has 0 aliphatic carbocycles.